The SMILES string of the molecule is O=c1[nH]c(SCCO)nc2c1cnn2-c1ccccc1Cl. The smallest absolute Gasteiger partial charge is 0.262 e. The molecule has 0 unspecified atom stereocenters. The van der Waals surface area contributed by atoms with Crippen molar-refractivity contribution in [2.24, 2.45) is 0 Å². The molecule has 0 atom stereocenters. The van der Waals surface area contributed by atoms with E-state index in [1.807, 2.05) is 12.1 Å². The van der Waals surface area contributed by atoms with Crippen LogP contribution in [0, 0.1) is 0 Å². The van der Waals surface area contributed by atoms with E-state index in [-0.39, 0.29) is 12.2 Å². The van der Waals surface area contributed by atoms with Crippen molar-refractivity contribution in [2.45, 2.75) is 5.16 Å². The van der Waals surface area contributed by atoms with Crippen LogP contribution in [0.1, 0.15) is 0 Å². The second kappa shape index (κ2) is 5.88. The summed E-state index contributed by atoms with van der Waals surface area (Å²) in [6.07, 6.45) is 1.46. The molecular formula is C13H11ClN4O2S. The van der Waals surface area contributed by atoms with Gasteiger partial charge in [0.15, 0.2) is 10.8 Å². The fourth-order valence-electron chi connectivity index (χ4n) is 1.91. The molecule has 2 heterocycles. The van der Waals surface area contributed by atoms with Gasteiger partial charge in [-0.05, 0) is 12.1 Å². The third-order valence-electron chi connectivity index (χ3n) is 2.83. The summed E-state index contributed by atoms with van der Waals surface area (Å²) in [7, 11) is 0. The number of benzene rings is 1. The molecule has 1 aromatic carbocycles. The van der Waals surface area contributed by atoms with Gasteiger partial charge in [0, 0.05) is 5.75 Å². The lowest BCUT2D eigenvalue weighted by atomic mass is 10.3. The molecule has 3 aromatic rings. The summed E-state index contributed by atoms with van der Waals surface area (Å²) in [4.78, 5) is 19.1. The maximum absolute atomic E-state index is 12.0. The van der Waals surface area contributed by atoms with Crippen molar-refractivity contribution >= 4 is 34.4 Å². The van der Waals surface area contributed by atoms with Crippen LogP contribution >= 0.6 is 23.4 Å². The fraction of sp³-hybridized carbons (Fsp3) is 0.154. The Balaban J connectivity index is 2.18. The summed E-state index contributed by atoms with van der Waals surface area (Å²) in [6.45, 7) is 0.0101. The van der Waals surface area contributed by atoms with Gasteiger partial charge in [0.25, 0.3) is 5.56 Å². The van der Waals surface area contributed by atoms with Gasteiger partial charge in [-0.15, -0.1) is 0 Å². The number of nitrogens with zero attached hydrogens (tertiary/aromatic N) is 3. The fourth-order valence-corrected chi connectivity index (χ4v) is 2.73. The first kappa shape index (κ1) is 14.1. The van der Waals surface area contributed by atoms with Crippen LogP contribution in [0.4, 0.5) is 0 Å². The van der Waals surface area contributed by atoms with Gasteiger partial charge in [-0.1, -0.05) is 35.5 Å². The number of aliphatic hydroxyl groups excluding tert-OH is 1. The van der Waals surface area contributed by atoms with Crippen LogP contribution in [-0.2, 0) is 0 Å². The van der Waals surface area contributed by atoms with E-state index in [1.165, 1.54) is 22.6 Å². The molecule has 8 heteroatoms. The number of halogens is 1. The van der Waals surface area contributed by atoms with Crippen LogP contribution in [0.25, 0.3) is 16.7 Å². The predicted octanol–water partition coefficient (Wildman–Crippen LogP) is 1.85. The summed E-state index contributed by atoms with van der Waals surface area (Å²) in [5.41, 5.74) is 0.830. The number of nitrogens with one attached hydrogen (secondary N) is 1. The van der Waals surface area contributed by atoms with Crippen LogP contribution in [0.2, 0.25) is 5.02 Å². The van der Waals surface area contributed by atoms with Gasteiger partial charge in [-0.3, -0.25) is 4.79 Å². The molecule has 0 aliphatic rings. The maximum Gasteiger partial charge on any atom is 0.262 e. The molecule has 6 nitrogen and oxygen atoms in total. The van der Waals surface area contributed by atoms with E-state index in [1.54, 1.807) is 12.1 Å². The number of aromatic amines is 1. The quantitative estimate of drug-likeness (QED) is 0.565. The van der Waals surface area contributed by atoms with E-state index in [9.17, 15) is 4.79 Å². The number of rotatable bonds is 4. The van der Waals surface area contributed by atoms with Gasteiger partial charge in [0.1, 0.15) is 5.39 Å². The maximum atomic E-state index is 12.0. The number of hydrogen-bond donors (Lipinski definition) is 2. The number of para-hydroxylation sites is 1. The second-order valence-corrected chi connectivity index (χ2v) is 5.68. The van der Waals surface area contributed by atoms with Crippen LogP contribution in [0.15, 0.2) is 40.4 Å². The van der Waals surface area contributed by atoms with Crippen LogP contribution in [0.3, 0.4) is 0 Å². The first-order valence-electron chi connectivity index (χ1n) is 6.17. The van der Waals surface area contributed by atoms with Gasteiger partial charge >= 0.3 is 0 Å². The lowest BCUT2D eigenvalue weighted by Gasteiger charge is -2.05. The molecule has 0 aliphatic heterocycles. The summed E-state index contributed by atoms with van der Waals surface area (Å²) < 4.78 is 1.54. The largest absolute Gasteiger partial charge is 0.396 e. The molecule has 0 amide bonds. The Morgan fingerprint density at radius 3 is 2.95 bits per heavy atom. The molecule has 2 aromatic heterocycles. The molecule has 0 bridgehead atoms. The lowest BCUT2D eigenvalue weighted by Crippen LogP contribution is -2.10. The van der Waals surface area contributed by atoms with E-state index >= 15 is 0 Å². The zero-order valence-electron chi connectivity index (χ0n) is 10.8. The lowest BCUT2D eigenvalue weighted by molar-refractivity contribution is 0.322. The van der Waals surface area contributed by atoms with Crippen molar-refractivity contribution in [3.63, 3.8) is 0 Å². The van der Waals surface area contributed by atoms with Crippen molar-refractivity contribution in [1.29, 1.82) is 0 Å². The highest BCUT2D eigenvalue weighted by atomic mass is 35.5. The van der Waals surface area contributed by atoms with Gasteiger partial charge in [-0.25, -0.2) is 9.67 Å². The van der Waals surface area contributed by atoms with Crippen LogP contribution in [-0.4, -0.2) is 37.2 Å². The van der Waals surface area contributed by atoms with Crippen LogP contribution in [0.5, 0.6) is 0 Å². The number of hydrogen-bond acceptors (Lipinski definition) is 5. The molecular weight excluding hydrogens is 312 g/mol. The van der Waals surface area contributed by atoms with Gasteiger partial charge in [0.05, 0.1) is 23.5 Å². The highest BCUT2D eigenvalue weighted by Gasteiger charge is 2.13. The molecule has 0 radical (unpaired) electrons. The molecule has 0 saturated heterocycles. The first-order chi connectivity index (χ1) is 10.2. The number of aromatic nitrogens is 4. The summed E-state index contributed by atoms with van der Waals surface area (Å²) in [6, 6.07) is 7.21. The Kier molecular flexibility index (Phi) is 3.96. The molecule has 2 N–H and O–H groups in total. The van der Waals surface area contributed by atoms with Crippen molar-refractivity contribution in [1.82, 2.24) is 19.7 Å². The molecule has 0 fully saturated rings. The minimum atomic E-state index is -0.265. The van der Waals surface area contributed by atoms with E-state index in [0.717, 1.165) is 0 Å². The highest BCUT2D eigenvalue weighted by Crippen LogP contribution is 2.22. The molecule has 108 valence electrons. The zero-order chi connectivity index (χ0) is 14.8. The third kappa shape index (κ3) is 2.67. The van der Waals surface area contributed by atoms with Crippen molar-refractivity contribution in [3.05, 3.63) is 45.8 Å². The molecule has 21 heavy (non-hydrogen) atoms. The Morgan fingerprint density at radius 2 is 2.19 bits per heavy atom. The van der Waals surface area contributed by atoms with Gasteiger partial charge in [-0.2, -0.15) is 5.10 Å². The summed E-state index contributed by atoms with van der Waals surface area (Å²) in [5, 5.41) is 14.4. The zero-order valence-corrected chi connectivity index (χ0v) is 12.4. The normalized spacial score (nSPS) is 11.1. The Hall–Kier alpha value is -1.83. The standard InChI is InChI=1S/C13H11ClN4O2S/c14-9-3-1-2-4-10(9)18-11-8(7-15-18)12(20)17-13(16-11)21-6-5-19/h1-4,7,19H,5-6H2,(H,16,17,20). The highest BCUT2D eigenvalue weighted by molar-refractivity contribution is 7.99. The average Bonchev–Trinajstić information content (AvgIpc) is 2.90. The van der Waals surface area contributed by atoms with E-state index in [4.69, 9.17) is 16.7 Å². The van der Waals surface area contributed by atoms with E-state index < -0.39 is 0 Å². The van der Waals surface area contributed by atoms with Crippen molar-refractivity contribution < 1.29 is 5.11 Å². The van der Waals surface area contributed by atoms with Gasteiger partial charge in [0.2, 0.25) is 0 Å². The summed E-state index contributed by atoms with van der Waals surface area (Å²) in [5.74, 6) is 0.453. The number of H-pyrrole nitrogens is 1. The van der Waals surface area contributed by atoms with Crippen LogP contribution < -0.4 is 5.56 Å². The minimum Gasteiger partial charge on any atom is -0.396 e. The monoisotopic (exact) mass is 322 g/mol. The predicted molar refractivity (Wildman–Crippen MR) is 82.3 cm³/mol. The average molecular weight is 323 g/mol. The number of aliphatic hydroxyl groups is 1. The number of fused-ring (bicyclic) bond motifs is 1. The molecule has 0 saturated carbocycles. The Labute approximate surface area is 128 Å². The van der Waals surface area contributed by atoms with Crippen molar-refractivity contribution in [3.8, 4) is 5.69 Å². The summed E-state index contributed by atoms with van der Waals surface area (Å²) >= 11 is 7.44. The molecule has 0 aliphatic carbocycles. The second-order valence-electron chi connectivity index (χ2n) is 4.19. The third-order valence-corrected chi connectivity index (χ3v) is 4.00. The van der Waals surface area contributed by atoms with Crippen molar-refractivity contribution in [2.75, 3.05) is 12.4 Å². The Bertz CT molecular complexity index is 846. The first-order valence-corrected chi connectivity index (χ1v) is 7.53. The molecule has 3 rings (SSSR count). The van der Waals surface area contributed by atoms with Gasteiger partial charge < -0.3 is 10.1 Å². The van der Waals surface area contributed by atoms with E-state index in [2.05, 4.69) is 15.1 Å². The Morgan fingerprint density at radius 1 is 1.38 bits per heavy atom. The molecule has 0 spiro atoms. The van der Waals surface area contributed by atoms with E-state index in [0.29, 0.717) is 32.7 Å². The number of thioether (sulfide) groups is 1. The minimum absolute atomic E-state index is 0.0101. The topological polar surface area (TPSA) is 83.8 Å².